The minimum atomic E-state index is -0.452. The number of β-amino-alcohol motifs (C(OH)–C–C–N with tert-alkyl or cyclic N) is 1. The van der Waals surface area contributed by atoms with Gasteiger partial charge in [-0.05, 0) is 36.4 Å². The SMILES string of the molecule is O=C1C=C(Nc2ccc(-c3nc4ccccc4o3)cc2)C(=O)N1CCO. The molecule has 1 aromatic heterocycles. The molecule has 7 nitrogen and oxygen atoms in total. The largest absolute Gasteiger partial charge is 0.436 e. The predicted molar refractivity (Wildman–Crippen MR) is 95.0 cm³/mol. The number of amides is 2. The monoisotopic (exact) mass is 349 g/mol. The number of nitrogens with zero attached hydrogens (tertiary/aromatic N) is 2. The molecule has 0 radical (unpaired) electrons. The van der Waals surface area contributed by atoms with Crippen LogP contribution in [-0.4, -0.2) is 40.0 Å². The maximum Gasteiger partial charge on any atom is 0.277 e. The zero-order chi connectivity index (χ0) is 18.1. The number of oxazole rings is 1. The Morgan fingerprint density at radius 1 is 1.08 bits per heavy atom. The summed E-state index contributed by atoms with van der Waals surface area (Å²) in [5.74, 6) is -0.375. The summed E-state index contributed by atoms with van der Waals surface area (Å²) in [5.41, 5.74) is 3.14. The lowest BCUT2D eigenvalue weighted by molar-refractivity contribution is -0.137. The van der Waals surface area contributed by atoms with E-state index in [2.05, 4.69) is 10.3 Å². The van der Waals surface area contributed by atoms with E-state index in [-0.39, 0.29) is 18.8 Å². The van der Waals surface area contributed by atoms with Crippen LogP contribution in [0.5, 0.6) is 0 Å². The normalized spacial score (nSPS) is 14.2. The Kier molecular flexibility index (Phi) is 3.98. The maximum absolute atomic E-state index is 12.1. The first-order chi connectivity index (χ1) is 12.7. The fourth-order valence-corrected chi connectivity index (χ4v) is 2.76. The Balaban J connectivity index is 1.52. The van der Waals surface area contributed by atoms with Gasteiger partial charge in [-0.3, -0.25) is 14.5 Å². The number of hydrogen-bond acceptors (Lipinski definition) is 6. The van der Waals surface area contributed by atoms with Crippen LogP contribution >= 0.6 is 0 Å². The molecule has 26 heavy (non-hydrogen) atoms. The molecule has 0 atom stereocenters. The Morgan fingerprint density at radius 3 is 2.58 bits per heavy atom. The quantitative estimate of drug-likeness (QED) is 0.685. The van der Waals surface area contributed by atoms with Gasteiger partial charge >= 0.3 is 0 Å². The van der Waals surface area contributed by atoms with E-state index in [0.717, 1.165) is 16.0 Å². The first kappa shape index (κ1) is 16.0. The van der Waals surface area contributed by atoms with E-state index < -0.39 is 11.8 Å². The summed E-state index contributed by atoms with van der Waals surface area (Å²) in [6.45, 7) is -0.284. The van der Waals surface area contributed by atoms with E-state index in [0.29, 0.717) is 17.2 Å². The molecular weight excluding hydrogens is 334 g/mol. The number of carbonyl (C=O) groups is 2. The summed E-state index contributed by atoms with van der Waals surface area (Å²) in [5, 5.41) is 11.9. The Labute approximate surface area is 148 Å². The van der Waals surface area contributed by atoms with E-state index in [4.69, 9.17) is 9.52 Å². The second-order valence-electron chi connectivity index (χ2n) is 5.77. The first-order valence-corrected chi connectivity index (χ1v) is 8.07. The minimum Gasteiger partial charge on any atom is -0.436 e. The number of hydrogen-bond donors (Lipinski definition) is 2. The maximum atomic E-state index is 12.1. The van der Waals surface area contributed by atoms with Gasteiger partial charge in [0.15, 0.2) is 5.58 Å². The summed E-state index contributed by atoms with van der Waals surface area (Å²) in [6, 6.07) is 14.7. The van der Waals surface area contributed by atoms with E-state index in [1.165, 1.54) is 6.08 Å². The molecule has 2 heterocycles. The molecule has 2 aromatic carbocycles. The van der Waals surface area contributed by atoms with E-state index in [1.54, 1.807) is 12.1 Å². The fourth-order valence-electron chi connectivity index (χ4n) is 2.76. The van der Waals surface area contributed by atoms with E-state index in [9.17, 15) is 9.59 Å². The molecular formula is C19H15N3O4. The molecule has 1 aliphatic rings. The number of fused-ring (bicyclic) bond motifs is 1. The van der Waals surface area contributed by atoms with Crippen molar-refractivity contribution in [2.75, 3.05) is 18.5 Å². The van der Waals surface area contributed by atoms with Crippen molar-refractivity contribution in [3.63, 3.8) is 0 Å². The third-order valence-corrected chi connectivity index (χ3v) is 4.04. The van der Waals surface area contributed by atoms with Gasteiger partial charge in [-0.15, -0.1) is 0 Å². The Bertz CT molecular complexity index is 988. The molecule has 4 rings (SSSR count). The molecule has 2 N–H and O–H groups in total. The third-order valence-electron chi connectivity index (χ3n) is 4.04. The lowest BCUT2D eigenvalue weighted by Crippen LogP contribution is -2.34. The lowest BCUT2D eigenvalue weighted by Gasteiger charge is -2.13. The molecule has 0 saturated carbocycles. The zero-order valence-electron chi connectivity index (χ0n) is 13.7. The van der Waals surface area contributed by atoms with Crippen molar-refractivity contribution in [3.8, 4) is 11.5 Å². The van der Waals surface area contributed by atoms with Crippen LogP contribution in [0.15, 0.2) is 64.7 Å². The van der Waals surface area contributed by atoms with Gasteiger partial charge in [0, 0.05) is 17.3 Å². The number of benzene rings is 2. The van der Waals surface area contributed by atoms with Crippen molar-refractivity contribution in [1.29, 1.82) is 0 Å². The average Bonchev–Trinajstić information content (AvgIpc) is 3.19. The molecule has 0 aliphatic carbocycles. The van der Waals surface area contributed by atoms with Gasteiger partial charge in [-0.25, -0.2) is 4.98 Å². The summed E-state index contributed by atoms with van der Waals surface area (Å²) in [7, 11) is 0. The van der Waals surface area contributed by atoms with Gasteiger partial charge in [-0.2, -0.15) is 0 Å². The molecule has 1 aliphatic heterocycles. The fraction of sp³-hybridized carbons (Fsp3) is 0.105. The summed E-state index contributed by atoms with van der Waals surface area (Å²) in [6.07, 6.45) is 1.23. The van der Waals surface area contributed by atoms with Crippen molar-refractivity contribution in [1.82, 2.24) is 9.88 Å². The van der Waals surface area contributed by atoms with Crippen LogP contribution in [0.4, 0.5) is 5.69 Å². The highest BCUT2D eigenvalue weighted by Crippen LogP contribution is 2.26. The molecule has 0 fully saturated rings. The number of imide groups is 1. The van der Waals surface area contributed by atoms with Crippen molar-refractivity contribution in [2.45, 2.75) is 0 Å². The Hall–Kier alpha value is -3.45. The number of aliphatic hydroxyl groups excluding tert-OH is 1. The van der Waals surface area contributed by atoms with Gasteiger partial charge in [0.2, 0.25) is 5.89 Å². The number of aliphatic hydroxyl groups is 1. The molecule has 0 spiro atoms. The number of anilines is 1. The van der Waals surface area contributed by atoms with Crippen LogP contribution in [0.3, 0.4) is 0 Å². The van der Waals surface area contributed by atoms with Gasteiger partial charge in [-0.1, -0.05) is 12.1 Å². The topological polar surface area (TPSA) is 95.7 Å². The van der Waals surface area contributed by atoms with Gasteiger partial charge < -0.3 is 14.8 Å². The molecule has 0 saturated heterocycles. The first-order valence-electron chi connectivity index (χ1n) is 8.07. The standard InChI is InChI=1S/C19H15N3O4/c23-10-9-22-17(24)11-15(19(22)25)20-13-7-5-12(6-8-13)18-21-14-3-1-2-4-16(14)26-18/h1-8,11,20,23H,9-10H2. The van der Waals surface area contributed by atoms with Gasteiger partial charge in [0.1, 0.15) is 11.2 Å². The molecule has 130 valence electrons. The highest BCUT2D eigenvalue weighted by Gasteiger charge is 2.30. The van der Waals surface area contributed by atoms with Crippen molar-refractivity contribution in [3.05, 3.63) is 60.3 Å². The van der Waals surface area contributed by atoms with Crippen LogP contribution < -0.4 is 5.32 Å². The average molecular weight is 349 g/mol. The zero-order valence-corrected chi connectivity index (χ0v) is 13.7. The summed E-state index contributed by atoms with van der Waals surface area (Å²) in [4.78, 5) is 29.3. The third kappa shape index (κ3) is 2.84. The minimum absolute atomic E-state index is 0.0179. The molecule has 3 aromatic rings. The molecule has 2 amide bonds. The smallest absolute Gasteiger partial charge is 0.277 e. The van der Waals surface area contributed by atoms with Crippen LogP contribution in [0, 0.1) is 0 Å². The van der Waals surface area contributed by atoms with Gasteiger partial charge in [0.25, 0.3) is 11.8 Å². The summed E-state index contributed by atoms with van der Waals surface area (Å²) < 4.78 is 5.73. The number of aromatic nitrogens is 1. The van der Waals surface area contributed by atoms with Crippen LogP contribution in [-0.2, 0) is 9.59 Å². The predicted octanol–water partition coefficient (Wildman–Crippen LogP) is 2.15. The Morgan fingerprint density at radius 2 is 1.85 bits per heavy atom. The number of carbonyl (C=O) groups excluding carboxylic acids is 2. The van der Waals surface area contributed by atoms with Crippen LogP contribution in [0.2, 0.25) is 0 Å². The second-order valence-corrected chi connectivity index (χ2v) is 5.77. The lowest BCUT2D eigenvalue weighted by atomic mass is 10.2. The number of nitrogens with one attached hydrogen (secondary N) is 1. The number of rotatable bonds is 5. The van der Waals surface area contributed by atoms with E-state index in [1.807, 2.05) is 36.4 Å². The summed E-state index contributed by atoms with van der Waals surface area (Å²) >= 11 is 0. The van der Waals surface area contributed by atoms with Crippen molar-refractivity contribution in [2.24, 2.45) is 0 Å². The van der Waals surface area contributed by atoms with Crippen LogP contribution in [0.1, 0.15) is 0 Å². The highest BCUT2D eigenvalue weighted by atomic mass is 16.3. The second kappa shape index (κ2) is 6.45. The molecule has 7 heteroatoms. The van der Waals surface area contributed by atoms with Gasteiger partial charge in [0.05, 0.1) is 13.2 Å². The molecule has 0 unspecified atom stereocenters. The van der Waals surface area contributed by atoms with Crippen LogP contribution in [0.25, 0.3) is 22.6 Å². The van der Waals surface area contributed by atoms with E-state index >= 15 is 0 Å². The van der Waals surface area contributed by atoms with Crippen molar-refractivity contribution >= 4 is 28.6 Å². The highest BCUT2D eigenvalue weighted by molar-refractivity contribution is 6.17. The number of para-hydroxylation sites is 2. The van der Waals surface area contributed by atoms with Crippen molar-refractivity contribution < 1.29 is 19.1 Å². The molecule has 0 bridgehead atoms.